The smallest absolute Gasteiger partial charge is 0.328 e. The Labute approximate surface area is 117 Å². The van der Waals surface area contributed by atoms with Crippen LogP contribution in [0.4, 0.5) is 0 Å². The third kappa shape index (κ3) is 16.5. The van der Waals surface area contributed by atoms with Gasteiger partial charge in [-0.15, -0.1) is 0 Å². The minimum Gasteiger partial charge on any atom is -0.478 e. The molecule has 2 rings (SSSR count). The van der Waals surface area contributed by atoms with E-state index in [1.807, 2.05) is 0 Å². The average Bonchev–Trinajstić information content (AvgIpc) is 2.50. The summed E-state index contributed by atoms with van der Waals surface area (Å²) in [6.07, 6.45) is 1.12. The van der Waals surface area contributed by atoms with Gasteiger partial charge in [0.05, 0.1) is 26.4 Å². The summed E-state index contributed by atoms with van der Waals surface area (Å²) in [5.41, 5.74) is 0. The lowest BCUT2D eigenvalue weighted by atomic mass is 10.5. The zero-order chi connectivity index (χ0) is 15.1. The predicted molar refractivity (Wildman–Crippen MR) is 71.8 cm³/mol. The number of morpholine rings is 2. The van der Waals surface area contributed by atoms with Crippen LogP contribution in [0.15, 0.2) is 12.2 Å². The van der Waals surface area contributed by atoms with Crippen molar-refractivity contribution in [2.45, 2.75) is 0 Å². The number of carboxylic acids is 2. The predicted octanol–water partition coefficient (Wildman–Crippen LogP) is -1.08. The van der Waals surface area contributed by atoms with Crippen molar-refractivity contribution in [1.82, 2.24) is 10.6 Å². The van der Waals surface area contributed by atoms with E-state index in [4.69, 9.17) is 19.7 Å². The molecule has 0 aromatic carbocycles. The number of ether oxygens (including phenoxy) is 2. The van der Waals surface area contributed by atoms with Gasteiger partial charge in [0.25, 0.3) is 0 Å². The minimum atomic E-state index is -1.26. The molecule has 0 aromatic heterocycles. The highest BCUT2D eigenvalue weighted by molar-refractivity contribution is 5.89. The first-order valence-electron chi connectivity index (χ1n) is 6.34. The summed E-state index contributed by atoms with van der Waals surface area (Å²) in [7, 11) is 0. The first-order valence-corrected chi connectivity index (χ1v) is 6.34. The van der Waals surface area contributed by atoms with Crippen molar-refractivity contribution in [2.75, 3.05) is 52.6 Å². The zero-order valence-electron chi connectivity index (χ0n) is 11.3. The normalized spacial score (nSPS) is 18.2. The van der Waals surface area contributed by atoms with Crippen LogP contribution in [0.5, 0.6) is 0 Å². The van der Waals surface area contributed by atoms with Gasteiger partial charge < -0.3 is 30.3 Å². The van der Waals surface area contributed by atoms with Gasteiger partial charge in [-0.25, -0.2) is 9.59 Å². The Morgan fingerprint density at radius 1 is 0.750 bits per heavy atom. The fraction of sp³-hybridized carbons (Fsp3) is 0.667. The highest BCUT2D eigenvalue weighted by atomic mass is 16.5. The van der Waals surface area contributed by atoms with Gasteiger partial charge >= 0.3 is 11.9 Å². The second-order valence-electron chi connectivity index (χ2n) is 3.73. The van der Waals surface area contributed by atoms with E-state index in [-0.39, 0.29) is 0 Å². The molecule has 8 heteroatoms. The average molecular weight is 290 g/mol. The topological polar surface area (TPSA) is 117 Å². The number of carboxylic acid groups (broad SMARTS) is 2. The van der Waals surface area contributed by atoms with Gasteiger partial charge in [-0.05, 0) is 0 Å². The lowest BCUT2D eigenvalue weighted by molar-refractivity contribution is -0.134. The van der Waals surface area contributed by atoms with E-state index in [0.29, 0.717) is 12.2 Å². The largest absolute Gasteiger partial charge is 0.478 e. The number of hydrogen-bond acceptors (Lipinski definition) is 6. The van der Waals surface area contributed by atoms with E-state index in [9.17, 15) is 9.59 Å². The molecule has 0 unspecified atom stereocenters. The molecule has 0 radical (unpaired) electrons. The lowest BCUT2D eigenvalue weighted by Crippen LogP contribution is -2.30. The Balaban J connectivity index is 0.000000274. The van der Waals surface area contributed by atoms with Crippen LogP contribution in [0.2, 0.25) is 0 Å². The SMILES string of the molecule is C1COCCN1.C1COCCN1.O=C(O)/C=C/C(=O)O. The minimum absolute atomic E-state index is 0.558. The summed E-state index contributed by atoms with van der Waals surface area (Å²) in [6.45, 7) is 7.67. The number of rotatable bonds is 2. The van der Waals surface area contributed by atoms with E-state index in [0.717, 1.165) is 52.6 Å². The van der Waals surface area contributed by atoms with Crippen LogP contribution in [0.3, 0.4) is 0 Å². The molecule has 2 aliphatic heterocycles. The van der Waals surface area contributed by atoms with Crippen molar-refractivity contribution in [2.24, 2.45) is 0 Å². The second kappa shape index (κ2) is 13.9. The molecule has 116 valence electrons. The fourth-order valence-corrected chi connectivity index (χ4v) is 1.17. The lowest BCUT2D eigenvalue weighted by Gasteiger charge is -2.10. The Bertz CT molecular complexity index is 237. The summed E-state index contributed by atoms with van der Waals surface area (Å²) >= 11 is 0. The Hall–Kier alpha value is -1.48. The van der Waals surface area contributed by atoms with Crippen molar-refractivity contribution >= 4 is 11.9 Å². The van der Waals surface area contributed by atoms with Gasteiger partial charge in [0, 0.05) is 38.3 Å². The molecule has 8 nitrogen and oxygen atoms in total. The number of hydrogen-bond donors (Lipinski definition) is 4. The molecule has 0 amide bonds. The third-order valence-corrected chi connectivity index (χ3v) is 2.06. The van der Waals surface area contributed by atoms with Gasteiger partial charge in [-0.1, -0.05) is 0 Å². The van der Waals surface area contributed by atoms with Crippen LogP contribution in [0.1, 0.15) is 0 Å². The molecule has 2 fully saturated rings. The molecule has 0 atom stereocenters. The summed E-state index contributed by atoms with van der Waals surface area (Å²) in [5, 5.41) is 21.9. The van der Waals surface area contributed by atoms with Crippen LogP contribution in [0.25, 0.3) is 0 Å². The molecule has 4 N–H and O–H groups in total. The molecule has 2 aliphatic rings. The third-order valence-electron chi connectivity index (χ3n) is 2.06. The van der Waals surface area contributed by atoms with Crippen LogP contribution in [0, 0.1) is 0 Å². The summed E-state index contributed by atoms with van der Waals surface area (Å²) in [6, 6.07) is 0. The number of nitrogens with one attached hydrogen (secondary N) is 2. The van der Waals surface area contributed by atoms with Crippen molar-refractivity contribution < 1.29 is 29.3 Å². The van der Waals surface area contributed by atoms with Gasteiger partial charge in [-0.2, -0.15) is 0 Å². The molecule has 0 saturated carbocycles. The zero-order valence-corrected chi connectivity index (χ0v) is 11.3. The maximum absolute atomic E-state index is 9.55. The molecular weight excluding hydrogens is 268 g/mol. The Morgan fingerprint density at radius 3 is 1.15 bits per heavy atom. The monoisotopic (exact) mass is 290 g/mol. The maximum atomic E-state index is 9.55. The van der Waals surface area contributed by atoms with Gasteiger partial charge in [0.1, 0.15) is 0 Å². The Kier molecular flexibility index (Phi) is 12.9. The van der Waals surface area contributed by atoms with Crippen LogP contribution in [-0.2, 0) is 19.1 Å². The highest BCUT2D eigenvalue weighted by Gasteiger charge is 1.93. The van der Waals surface area contributed by atoms with E-state index in [1.165, 1.54) is 0 Å². The standard InChI is InChI=1S/2C4H9NO.C4H4O4/c2*1-3-6-4-2-5-1;5-3(6)1-2-4(7)8/h2*5H,1-4H2;1-2H,(H,5,6)(H,7,8)/b;;2-1+. The van der Waals surface area contributed by atoms with Crippen LogP contribution < -0.4 is 10.6 Å². The molecule has 2 saturated heterocycles. The van der Waals surface area contributed by atoms with E-state index in [1.54, 1.807) is 0 Å². The van der Waals surface area contributed by atoms with Crippen molar-refractivity contribution in [3.63, 3.8) is 0 Å². The van der Waals surface area contributed by atoms with Crippen LogP contribution in [-0.4, -0.2) is 74.8 Å². The maximum Gasteiger partial charge on any atom is 0.328 e. The van der Waals surface area contributed by atoms with Crippen molar-refractivity contribution in [3.05, 3.63) is 12.2 Å². The summed E-state index contributed by atoms with van der Waals surface area (Å²) in [4.78, 5) is 19.1. The summed E-state index contributed by atoms with van der Waals surface area (Å²) in [5.74, 6) is -2.51. The molecule has 0 aromatic rings. The Morgan fingerprint density at radius 2 is 1.05 bits per heavy atom. The van der Waals surface area contributed by atoms with E-state index < -0.39 is 11.9 Å². The first-order chi connectivity index (χ1) is 9.63. The molecular formula is C12H22N2O6. The molecule has 0 bridgehead atoms. The highest BCUT2D eigenvalue weighted by Crippen LogP contribution is 1.77. The molecule has 0 aliphatic carbocycles. The van der Waals surface area contributed by atoms with Gasteiger partial charge in [0.2, 0.25) is 0 Å². The van der Waals surface area contributed by atoms with Gasteiger partial charge in [0.15, 0.2) is 0 Å². The molecule has 20 heavy (non-hydrogen) atoms. The summed E-state index contributed by atoms with van der Waals surface area (Å²) < 4.78 is 10.0. The quantitative estimate of drug-likeness (QED) is 0.475. The number of aliphatic carboxylic acids is 2. The van der Waals surface area contributed by atoms with Gasteiger partial charge in [-0.3, -0.25) is 0 Å². The van der Waals surface area contributed by atoms with E-state index >= 15 is 0 Å². The van der Waals surface area contributed by atoms with Crippen molar-refractivity contribution in [1.29, 1.82) is 0 Å². The molecule has 0 spiro atoms. The number of carbonyl (C=O) groups is 2. The van der Waals surface area contributed by atoms with E-state index in [2.05, 4.69) is 10.6 Å². The fourth-order valence-electron chi connectivity index (χ4n) is 1.17. The molecule has 2 heterocycles. The van der Waals surface area contributed by atoms with Crippen molar-refractivity contribution in [3.8, 4) is 0 Å². The second-order valence-corrected chi connectivity index (χ2v) is 3.73. The first kappa shape index (κ1) is 18.5. The van der Waals surface area contributed by atoms with Crippen LogP contribution >= 0.6 is 0 Å².